The van der Waals surface area contributed by atoms with Crippen LogP contribution in [-0.4, -0.2) is 40.8 Å². The van der Waals surface area contributed by atoms with E-state index in [2.05, 4.69) is 22.8 Å². The highest BCUT2D eigenvalue weighted by atomic mass is 16.5. The molecule has 8 nitrogen and oxygen atoms in total. The predicted octanol–water partition coefficient (Wildman–Crippen LogP) is 4.74. The molecule has 180 valence electrons. The number of nitrogens with one attached hydrogen (secondary N) is 2. The first-order valence-electron chi connectivity index (χ1n) is 11.3. The van der Waals surface area contributed by atoms with Gasteiger partial charge in [0.1, 0.15) is 12.4 Å². The number of alkyl carbamates (subject to hydrolysis) is 1. The second-order valence-electron chi connectivity index (χ2n) is 8.36. The first-order valence-corrected chi connectivity index (χ1v) is 11.3. The molecular formula is C27H26N2O6. The Balaban J connectivity index is 1.34. The number of benzene rings is 3. The standard InChI is InChI=1S/C27H26N2O6/c1-2-17(14-25(31)29-23-13-16(26(32)33)11-12-24(23)30)28-27(34)35-15-22-20-9-5-3-7-18(20)19-8-4-6-10-21(19)22/h3-13,17,22,30H,2,14-15H2,1H3,(H,28,34)(H,29,31)(H,32,33)/t17-/m1/s1. The smallest absolute Gasteiger partial charge is 0.407 e. The number of anilines is 1. The minimum Gasteiger partial charge on any atom is -0.506 e. The van der Waals surface area contributed by atoms with Gasteiger partial charge in [0, 0.05) is 18.4 Å². The van der Waals surface area contributed by atoms with Crippen molar-refractivity contribution >= 4 is 23.7 Å². The number of rotatable bonds is 8. The van der Waals surface area contributed by atoms with Crippen molar-refractivity contribution in [3.8, 4) is 16.9 Å². The van der Waals surface area contributed by atoms with Crippen LogP contribution in [0.3, 0.4) is 0 Å². The second-order valence-corrected chi connectivity index (χ2v) is 8.36. The molecule has 0 aliphatic heterocycles. The molecule has 0 unspecified atom stereocenters. The van der Waals surface area contributed by atoms with E-state index in [4.69, 9.17) is 9.84 Å². The van der Waals surface area contributed by atoms with Crippen LogP contribution in [0, 0.1) is 0 Å². The molecule has 0 fully saturated rings. The highest BCUT2D eigenvalue weighted by molar-refractivity contribution is 5.95. The van der Waals surface area contributed by atoms with E-state index in [0.717, 1.165) is 22.3 Å². The van der Waals surface area contributed by atoms with E-state index in [9.17, 15) is 19.5 Å². The Hall–Kier alpha value is -4.33. The van der Waals surface area contributed by atoms with Gasteiger partial charge in [0.05, 0.1) is 11.3 Å². The summed E-state index contributed by atoms with van der Waals surface area (Å²) in [7, 11) is 0. The molecule has 3 aromatic carbocycles. The maximum Gasteiger partial charge on any atom is 0.407 e. The number of carboxylic acids is 1. The summed E-state index contributed by atoms with van der Waals surface area (Å²) in [5, 5.41) is 24.2. The predicted molar refractivity (Wildman–Crippen MR) is 131 cm³/mol. The van der Waals surface area contributed by atoms with Crippen molar-refractivity contribution in [1.29, 1.82) is 0 Å². The average molecular weight is 475 g/mol. The van der Waals surface area contributed by atoms with Crippen molar-refractivity contribution in [3.05, 3.63) is 83.4 Å². The molecule has 0 heterocycles. The molecule has 0 spiro atoms. The van der Waals surface area contributed by atoms with Crippen LogP contribution in [0.15, 0.2) is 66.7 Å². The lowest BCUT2D eigenvalue weighted by Gasteiger charge is -2.19. The van der Waals surface area contributed by atoms with Gasteiger partial charge in [-0.05, 0) is 46.9 Å². The number of carbonyl (C=O) groups excluding carboxylic acids is 2. The van der Waals surface area contributed by atoms with Crippen LogP contribution in [0.5, 0.6) is 5.75 Å². The van der Waals surface area contributed by atoms with E-state index in [0.29, 0.717) is 6.42 Å². The van der Waals surface area contributed by atoms with Crippen LogP contribution in [0.2, 0.25) is 0 Å². The average Bonchev–Trinajstić information content (AvgIpc) is 3.17. The summed E-state index contributed by atoms with van der Waals surface area (Å²) in [5.41, 5.74) is 4.41. The number of aromatic carboxylic acids is 1. The fraction of sp³-hybridized carbons (Fsp3) is 0.222. The molecule has 4 rings (SSSR count). The molecule has 0 saturated carbocycles. The third kappa shape index (κ3) is 5.27. The Kier molecular flexibility index (Phi) is 7.01. The van der Waals surface area contributed by atoms with Crippen LogP contribution in [-0.2, 0) is 9.53 Å². The lowest BCUT2D eigenvalue weighted by atomic mass is 9.98. The summed E-state index contributed by atoms with van der Waals surface area (Å²) in [6.45, 7) is 1.99. The molecule has 0 aromatic heterocycles. The van der Waals surface area contributed by atoms with Gasteiger partial charge in [0.2, 0.25) is 5.91 Å². The number of hydrogen-bond acceptors (Lipinski definition) is 5. The van der Waals surface area contributed by atoms with E-state index in [-0.39, 0.29) is 35.9 Å². The Labute approximate surface area is 202 Å². The number of ether oxygens (including phenoxy) is 1. The van der Waals surface area contributed by atoms with Gasteiger partial charge in [-0.15, -0.1) is 0 Å². The number of carbonyl (C=O) groups is 3. The van der Waals surface area contributed by atoms with Crippen LogP contribution in [0.1, 0.15) is 47.2 Å². The fourth-order valence-corrected chi connectivity index (χ4v) is 4.30. The fourth-order valence-electron chi connectivity index (χ4n) is 4.30. The van der Waals surface area contributed by atoms with Crippen molar-refractivity contribution in [1.82, 2.24) is 5.32 Å². The summed E-state index contributed by atoms with van der Waals surface area (Å²) in [5.74, 6) is -1.97. The van der Waals surface area contributed by atoms with Gasteiger partial charge in [-0.1, -0.05) is 55.5 Å². The summed E-state index contributed by atoms with van der Waals surface area (Å²) in [6, 6.07) is 19.2. The zero-order valence-electron chi connectivity index (χ0n) is 19.2. The maximum absolute atomic E-state index is 12.5. The Morgan fingerprint density at radius 2 is 1.60 bits per heavy atom. The molecule has 1 aliphatic rings. The van der Waals surface area contributed by atoms with E-state index in [1.54, 1.807) is 0 Å². The summed E-state index contributed by atoms with van der Waals surface area (Å²) in [6.07, 6.45) is -0.224. The van der Waals surface area contributed by atoms with Gasteiger partial charge in [-0.3, -0.25) is 4.79 Å². The van der Waals surface area contributed by atoms with Crippen molar-refractivity contribution in [3.63, 3.8) is 0 Å². The zero-order chi connectivity index (χ0) is 24.9. The molecule has 2 amide bonds. The molecule has 1 aliphatic carbocycles. The second kappa shape index (κ2) is 10.3. The number of aromatic hydroxyl groups is 1. The molecule has 0 radical (unpaired) electrons. The van der Waals surface area contributed by atoms with Crippen LogP contribution in [0.4, 0.5) is 10.5 Å². The van der Waals surface area contributed by atoms with Gasteiger partial charge >= 0.3 is 12.1 Å². The number of amides is 2. The van der Waals surface area contributed by atoms with Gasteiger partial charge < -0.3 is 25.6 Å². The number of carboxylic acid groups (broad SMARTS) is 1. The SMILES string of the molecule is CC[C@H](CC(=O)Nc1cc(C(=O)O)ccc1O)NC(=O)OCC1c2ccccc2-c2ccccc21. The van der Waals surface area contributed by atoms with Crippen LogP contribution < -0.4 is 10.6 Å². The summed E-state index contributed by atoms with van der Waals surface area (Å²) >= 11 is 0. The van der Waals surface area contributed by atoms with Crippen molar-refractivity contribution in [2.75, 3.05) is 11.9 Å². The first-order chi connectivity index (χ1) is 16.9. The Morgan fingerprint density at radius 1 is 0.971 bits per heavy atom. The molecule has 0 bridgehead atoms. The quantitative estimate of drug-likeness (QED) is 0.350. The third-order valence-electron chi connectivity index (χ3n) is 6.11. The molecule has 4 N–H and O–H groups in total. The maximum atomic E-state index is 12.5. The van der Waals surface area contributed by atoms with Gasteiger partial charge in [-0.2, -0.15) is 0 Å². The van der Waals surface area contributed by atoms with Crippen LogP contribution in [0.25, 0.3) is 11.1 Å². The topological polar surface area (TPSA) is 125 Å². The monoisotopic (exact) mass is 474 g/mol. The molecule has 35 heavy (non-hydrogen) atoms. The minimum atomic E-state index is -1.18. The largest absolute Gasteiger partial charge is 0.506 e. The molecule has 3 aromatic rings. The Morgan fingerprint density at radius 3 is 2.20 bits per heavy atom. The number of fused-ring (bicyclic) bond motifs is 3. The van der Waals surface area contributed by atoms with Crippen LogP contribution >= 0.6 is 0 Å². The molecular weight excluding hydrogens is 448 g/mol. The molecule has 1 atom stereocenters. The normalized spacial score (nSPS) is 12.8. The molecule has 0 saturated heterocycles. The molecule has 8 heteroatoms. The van der Waals surface area contributed by atoms with Gasteiger partial charge in [0.15, 0.2) is 0 Å². The number of phenols is 1. The number of hydrogen-bond donors (Lipinski definition) is 4. The summed E-state index contributed by atoms with van der Waals surface area (Å²) < 4.78 is 5.55. The van der Waals surface area contributed by atoms with Crippen molar-refractivity contribution < 1.29 is 29.3 Å². The Bertz CT molecular complexity index is 1230. The zero-order valence-corrected chi connectivity index (χ0v) is 19.2. The minimum absolute atomic E-state index is 0.00843. The lowest BCUT2D eigenvalue weighted by molar-refractivity contribution is -0.116. The van der Waals surface area contributed by atoms with Crippen molar-refractivity contribution in [2.45, 2.75) is 31.7 Å². The van der Waals surface area contributed by atoms with E-state index in [1.165, 1.54) is 18.2 Å². The highest BCUT2D eigenvalue weighted by Gasteiger charge is 2.29. The van der Waals surface area contributed by atoms with Crippen molar-refractivity contribution in [2.24, 2.45) is 0 Å². The lowest BCUT2D eigenvalue weighted by Crippen LogP contribution is -2.38. The highest BCUT2D eigenvalue weighted by Crippen LogP contribution is 2.44. The van der Waals surface area contributed by atoms with E-state index in [1.807, 2.05) is 43.3 Å². The third-order valence-corrected chi connectivity index (χ3v) is 6.11. The van der Waals surface area contributed by atoms with Gasteiger partial charge in [-0.25, -0.2) is 9.59 Å². The van der Waals surface area contributed by atoms with E-state index < -0.39 is 24.0 Å². The summed E-state index contributed by atoms with van der Waals surface area (Å²) in [4.78, 5) is 36.1. The van der Waals surface area contributed by atoms with Gasteiger partial charge in [0.25, 0.3) is 0 Å². The first kappa shape index (κ1) is 23.8. The number of phenolic OH excluding ortho intramolecular Hbond substituents is 1. The van der Waals surface area contributed by atoms with E-state index >= 15 is 0 Å².